The van der Waals surface area contributed by atoms with Crippen LogP contribution in [-0.4, -0.2) is 36.3 Å². The van der Waals surface area contributed by atoms with Crippen molar-refractivity contribution in [2.75, 3.05) is 30.3 Å². The summed E-state index contributed by atoms with van der Waals surface area (Å²) in [6, 6.07) is 14.9. The zero-order valence-corrected chi connectivity index (χ0v) is 15.1. The van der Waals surface area contributed by atoms with Crippen molar-refractivity contribution >= 4 is 23.2 Å². The van der Waals surface area contributed by atoms with Crippen LogP contribution >= 0.6 is 0 Å². The Morgan fingerprint density at radius 2 is 1.46 bits per heavy atom. The largest absolute Gasteiger partial charge is 0.326 e. The zero-order chi connectivity index (χ0) is 18.4. The summed E-state index contributed by atoms with van der Waals surface area (Å²) >= 11 is 0. The maximum atomic E-state index is 12.3. The summed E-state index contributed by atoms with van der Waals surface area (Å²) < 4.78 is 0. The predicted octanol–water partition coefficient (Wildman–Crippen LogP) is 3.54. The molecule has 26 heavy (non-hydrogen) atoms. The second-order valence-corrected chi connectivity index (χ2v) is 6.71. The van der Waals surface area contributed by atoms with Gasteiger partial charge in [0.25, 0.3) is 5.91 Å². The van der Waals surface area contributed by atoms with Gasteiger partial charge in [0.05, 0.1) is 0 Å². The van der Waals surface area contributed by atoms with E-state index in [1.165, 1.54) is 38.4 Å². The third-order valence-electron chi connectivity index (χ3n) is 4.59. The summed E-state index contributed by atoms with van der Waals surface area (Å²) in [6.07, 6.45) is 3.67. The topological polar surface area (TPSA) is 61.4 Å². The number of likely N-dealkylation sites (tertiary alicyclic amines) is 1. The number of hydrogen-bond acceptors (Lipinski definition) is 3. The highest BCUT2D eigenvalue weighted by molar-refractivity contribution is 6.04. The number of nitrogens with one attached hydrogen (secondary N) is 2. The van der Waals surface area contributed by atoms with Crippen molar-refractivity contribution in [3.63, 3.8) is 0 Å². The molecule has 1 aliphatic heterocycles. The number of carbonyl (C=O) groups is 2. The molecule has 0 radical (unpaired) electrons. The normalized spacial score (nSPS) is 14.2. The Morgan fingerprint density at radius 3 is 2.08 bits per heavy atom. The first-order chi connectivity index (χ1) is 12.6. The summed E-state index contributed by atoms with van der Waals surface area (Å²) in [6.45, 7) is 4.99. The standard InChI is InChI=1S/C21H25N3O2/c1-16(25)22-19-10-6-18(7-11-19)21(26)23-20-8-4-17(5-9-20)12-15-24-13-2-3-14-24/h4-11H,2-3,12-15H2,1H3,(H,22,25)(H,23,26). The maximum Gasteiger partial charge on any atom is 0.255 e. The van der Waals surface area contributed by atoms with Crippen LogP contribution in [0.1, 0.15) is 35.7 Å². The molecule has 1 saturated heterocycles. The van der Waals surface area contributed by atoms with E-state index in [9.17, 15) is 9.59 Å². The fraction of sp³-hybridized carbons (Fsp3) is 0.333. The van der Waals surface area contributed by atoms with Crippen LogP contribution in [0.15, 0.2) is 48.5 Å². The smallest absolute Gasteiger partial charge is 0.255 e. The SMILES string of the molecule is CC(=O)Nc1ccc(C(=O)Nc2ccc(CCN3CCCC3)cc2)cc1. The van der Waals surface area contributed by atoms with Crippen molar-refractivity contribution in [1.29, 1.82) is 0 Å². The van der Waals surface area contributed by atoms with E-state index in [-0.39, 0.29) is 11.8 Å². The molecule has 1 heterocycles. The fourth-order valence-electron chi connectivity index (χ4n) is 3.16. The van der Waals surface area contributed by atoms with Crippen LogP contribution in [0.2, 0.25) is 0 Å². The first kappa shape index (κ1) is 18.1. The molecule has 5 nitrogen and oxygen atoms in total. The Morgan fingerprint density at radius 1 is 0.885 bits per heavy atom. The Bertz CT molecular complexity index is 748. The molecule has 2 amide bonds. The highest BCUT2D eigenvalue weighted by Gasteiger charge is 2.11. The van der Waals surface area contributed by atoms with Gasteiger partial charge in [-0.3, -0.25) is 9.59 Å². The van der Waals surface area contributed by atoms with Crippen molar-refractivity contribution in [1.82, 2.24) is 4.90 Å². The molecule has 1 aliphatic rings. The van der Waals surface area contributed by atoms with Gasteiger partial charge < -0.3 is 15.5 Å². The molecule has 0 spiro atoms. The van der Waals surface area contributed by atoms with E-state index in [1.807, 2.05) is 12.1 Å². The highest BCUT2D eigenvalue weighted by Crippen LogP contribution is 2.15. The van der Waals surface area contributed by atoms with Crippen LogP contribution < -0.4 is 10.6 Å². The number of anilines is 2. The summed E-state index contributed by atoms with van der Waals surface area (Å²) in [5.41, 5.74) is 3.30. The molecule has 136 valence electrons. The molecule has 2 N–H and O–H groups in total. The summed E-state index contributed by atoms with van der Waals surface area (Å²) in [5, 5.41) is 5.59. The van der Waals surface area contributed by atoms with E-state index >= 15 is 0 Å². The van der Waals surface area contributed by atoms with Gasteiger partial charge in [-0.1, -0.05) is 12.1 Å². The Balaban J connectivity index is 1.52. The minimum absolute atomic E-state index is 0.132. The summed E-state index contributed by atoms with van der Waals surface area (Å²) in [4.78, 5) is 25.9. The Kier molecular flexibility index (Phi) is 6.02. The van der Waals surface area contributed by atoms with Gasteiger partial charge in [0.15, 0.2) is 0 Å². The van der Waals surface area contributed by atoms with Crippen LogP contribution in [-0.2, 0) is 11.2 Å². The molecule has 0 unspecified atom stereocenters. The van der Waals surface area contributed by atoms with Crippen LogP contribution in [0.25, 0.3) is 0 Å². The number of benzene rings is 2. The molecular formula is C21H25N3O2. The molecule has 2 aromatic carbocycles. The monoisotopic (exact) mass is 351 g/mol. The number of rotatable bonds is 6. The van der Waals surface area contributed by atoms with Gasteiger partial charge in [-0.15, -0.1) is 0 Å². The number of carbonyl (C=O) groups excluding carboxylic acids is 2. The molecular weight excluding hydrogens is 326 g/mol. The Labute approximate surface area is 154 Å². The van der Waals surface area contributed by atoms with Crippen molar-refractivity contribution in [3.8, 4) is 0 Å². The molecule has 0 atom stereocenters. The fourth-order valence-corrected chi connectivity index (χ4v) is 3.16. The van der Waals surface area contributed by atoms with Crippen LogP contribution in [0, 0.1) is 0 Å². The summed E-state index contributed by atoms with van der Waals surface area (Å²) in [7, 11) is 0. The van der Waals surface area contributed by atoms with Gasteiger partial charge >= 0.3 is 0 Å². The second-order valence-electron chi connectivity index (χ2n) is 6.71. The summed E-state index contributed by atoms with van der Waals surface area (Å²) in [5.74, 6) is -0.295. The van der Waals surface area contributed by atoms with E-state index in [4.69, 9.17) is 0 Å². The van der Waals surface area contributed by atoms with Gasteiger partial charge in [0.2, 0.25) is 5.91 Å². The average molecular weight is 351 g/mol. The lowest BCUT2D eigenvalue weighted by atomic mass is 10.1. The lowest BCUT2D eigenvalue weighted by Gasteiger charge is -2.14. The molecule has 2 aromatic rings. The Hall–Kier alpha value is -2.66. The van der Waals surface area contributed by atoms with Crippen LogP contribution in [0.4, 0.5) is 11.4 Å². The lowest BCUT2D eigenvalue weighted by molar-refractivity contribution is -0.114. The van der Waals surface area contributed by atoms with Crippen LogP contribution in [0.5, 0.6) is 0 Å². The predicted molar refractivity (Wildman–Crippen MR) is 105 cm³/mol. The number of nitrogens with zero attached hydrogens (tertiary/aromatic N) is 1. The van der Waals surface area contributed by atoms with Crippen LogP contribution in [0.3, 0.4) is 0 Å². The minimum atomic E-state index is -0.163. The molecule has 5 heteroatoms. The zero-order valence-electron chi connectivity index (χ0n) is 15.1. The van der Waals surface area contributed by atoms with Crippen molar-refractivity contribution in [2.45, 2.75) is 26.2 Å². The van der Waals surface area contributed by atoms with Gasteiger partial charge in [-0.25, -0.2) is 0 Å². The third kappa shape index (κ3) is 5.17. The van der Waals surface area contributed by atoms with E-state index < -0.39 is 0 Å². The van der Waals surface area contributed by atoms with Gasteiger partial charge in [0, 0.05) is 30.4 Å². The highest BCUT2D eigenvalue weighted by atomic mass is 16.2. The molecule has 3 rings (SSSR count). The number of amides is 2. The number of hydrogen-bond donors (Lipinski definition) is 2. The average Bonchev–Trinajstić information content (AvgIpc) is 3.15. The lowest BCUT2D eigenvalue weighted by Crippen LogP contribution is -2.21. The van der Waals surface area contributed by atoms with E-state index in [2.05, 4.69) is 27.7 Å². The van der Waals surface area contributed by atoms with Gasteiger partial charge in [-0.05, 0) is 74.3 Å². The first-order valence-electron chi connectivity index (χ1n) is 9.10. The molecule has 0 aromatic heterocycles. The molecule has 0 bridgehead atoms. The van der Waals surface area contributed by atoms with Crippen molar-refractivity contribution < 1.29 is 9.59 Å². The molecule has 0 saturated carbocycles. The molecule has 1 fully saturated rings. The minimum Gasteiger partial charge on any atom is -0.326 e. The maximum absolute atomic E-state index is 12.3. The third-order valence-corrected chi connectivity index (χ3v) is 4.59. The molecule has 0 aliphatic carbocycles. The van der Waals surface area contributed by atoms with E-state index in [0.29, 0.717) is 11.3 Å². The van der Waals surface area contributed by atoms with E-state index in [1.54, 1.807) is 24.3 Å². The quantitative estimate of drug-likeness (QED) is 0.837. The van der Waals surface area contributed by atoms with Gasteiger partial charge in [-0.2, -0.15) is 0 Å². The van der Waals surface area contributed by atoms with Gasteiger partial charge in [0.1, 0.15) is 0 Å². The van der Waals surface area contributed by atoms with Crippen molar-refractivity contribution in [3.05, 3.63) is 59.7 Å². The van der Waals surface area contributed by atoms with Crippen molar-refractivity contribution in [2.24, 2.45) is 0 Å². The second kappa shape index (κ2) is 8.63. The first-order valence-corrected chi connectivity index (χ1v) is 9.10. The van der Waals surface area contributed by atoms with E-state index in [0.717, 1.165) is 18.7 Å².